The highest BCUT2D eigenvalue weighted by atomic mass is 19.1. The van der Waals surface area contributed by atoms with Gasteiger partial charge in [0.25, 0.3) is 5.91 Å². The number of rotatable bonds is 2. The summed E-state index contributed by atoms with van der Waals surface area (Å²) in [6.45, 7) is 1.33. The van der Waals surface area contributed by atoms with Gasteiger partial charge in [0.2, 0.25) is 0 Å². The van der Waals surface area contributed by atoms with Crippen molar-refractivity contribution >= 4 is 17.8 Å². The molecule has 0 spiro atoms. The average Bonchev–Trinajstić information content (AvgIpc) is 3.03. The molecule has 1 aromatic heterocycles. The van der Waals surface area contributed by atoms with Gasteiger partial charge in [-0.25, -0.2) is 23.5 Å². The van der Waals surface area contributed by atoms with Gasteiger partial charge in [0.1, 0.15) is 17.2 Å². The molecule has 2 aliphatic heterocycles. The first-order valence-electron chi connectivity index (χ1n) is 8.74. The van der Waals surface area contributed by atoms with Gasteiger partial charge in [0.05, 0.1) is 17.8 Å². The Bertz CT molecular complexity index is 908. The monoisotopic (exact) mass is 373 g/mol. The molecule has 2 aliphatic rings. The second-order valence-corrected chi connectivity index (χ2v) is 6.47. The Hall–Kier alpha value is -3.10. The highest BCUT2D eigenvalue weighted by Crippen LogP contribution is 2.29. The lowest BCUT2D eigenvalue weighted by Gasteiger charge is -2.26. The molecule has 0 bridgehead atoms. The number of likely N-dealkylation sites (tertiary alicyclic amines) is 1. The summed E-state index contributed by atoms with van der Waals surface area (Å²) in [5, 5.41) is 5.21. The lowest BCUT2D eigenvalue weighted by atomic mass is 10.1. The number of hydrogen-bond acceptors (Lipinski definition) is 4. The summed E-state index contributed by atoms with van der Waals surface area (Å²) in [7, 11) is 0. The molecule has 0 atom stereocenters. The number of nitrogens with one attached hydrogen (secondary N) is 2. The summed E-state index contributed by atoms with van der Waals surface area (Å²) < 4.78 is 28.3. The zero-order valence-corrected chi connectivity index (χ0v) is 14.4. The number of nitrogens with zero attached hydrogens (tertiary/aromatic N) is 3. The van der Waals surface area contributed by atoms with Crippen molar-refractivity contribution in [1.82, 2.24) is 20.2 Å². The number of halogens is 2. The number of anilines is 1. The molecule has 3 amide bonds. The summed E-state index contributed by atoms with van der Waals surface area (Å²) in [6, 6.07) is 3.05. The van der Waals surface area contributed by atoms with E-state index in [1.165, 1.54) is 6.07 Å². The highest BCUT2D eigenvalue weighted by Gasteiger charge is 2.30. The minimum absolute atomic E-state index is 0.0387. The Kier molecular flexibility index (Phi) is 4.43. The van der Waals surface area contributed by atoms with Gasteiger partial charge in [-0.05, 0) is 31.4 Å². The molecule has 0 saturated carbocycles. The number of piperidine rings is 1. The summed E-state index contributed by atoms with van der Waals surface area (Å²) >= 11 is 0. The van der Waals surface area contributed by atoms with Crippen molar-refractivity contribution in [1.29, 1.82) is 0 Å². The van der Waals surface area contributed by atoms with Gasteiger partial charge in [-0.15, -0.1) is 0 Å². The minimum Gasteiger partial charge on any atom is -0.346 e. The van der Waals surface area contributed by atoms with Gasteiger partial charge in [-0.1, -0.05) is 6.07 Å². The maximum Gasteiger partial charge on any atom is 0.323 e. The van der Waals surface area contributed by atoms with Crippen LogP contribution in [0.1, 0.15) is 35.3 Å². The Labute approximate surface area is 153 Å². The molecule has 1 aromatic carbocycles. The van der Waals surface area contributed by atoms with E-state index in [1.807, 2.05) is 0 Å². The van der Waals surface area contributed by atoms with Gasteiger partial charge in [0, 0.05) is 13.1 Å². The third-order valence-electron chi connectivity index (χ3n) is 4.68. The molecular formula is C18H17F2N5O2. The van der Waals surface area contributed by atoms with E-state index in [9.17, 15) is 18.4 Å². The van der Waals surface area contributed by atoms with E-state index in [-0.39, 0.29) is 23.8 Å². The van der Waals surface area contributed by atoms with Crippen molar-refractivity contribution in [2.45, 2.75) is 25.8 Å². The number of urea groups is 1. The maximum absolute atomic E-state index is 14.2. The average molecular weight is 373 g/mol. The van der Waals surface area contributed by atoms with Crippen LogP contribution in [-0.4, -0.2) is 39.9 Å². The van der Waals surface area contributed by atoms with Gasteiger partial charge < -0.3 is 10.2 Å². The predicted octanol–water partition coefficient (Wildman–Crippen LogP) is 2.68. The van der Waals surface area contributed by atoms with Crippen molar-refractivity contribution < 1.29 is 18.4 Å². The lowest BCUT2D eigenvalue weighted by molar-refractivity contribution is 0.0966. The number of carbonyl (C=O) groups is 2. The standard InChI is InChI=1S/C18H17F2N5O2/c19-10-5-4-6-11(20)13(10)15-22-12-9-21-17(26)14(12)16(23-15)24-18(27)25-7-2-1-3-8-25/h4-6H,1-3,7-9H2,(H,21,26)(H,22,23,24,27). The van der Waals surface area contributed by atoms with Crippen LogP contribution in [0.25, 0.3) is 11.4 Å². The quantitative estimate of drug-likeness (QED) is 0.847. The molecule has 1 saturated heterocycles. The van der Waals surface area contributed by atoms with Crippen molar-refractivity contribution in [3.8, 4) is 11.4 Å². The molecule has 27 heavy (non-hydrogen) atoms. The highest BCUT2D eigenvalue weighted by molar-refractivity contribution is 6.05. The van der Waals surface area contributed by atoms with Crippen LogP contribution in [-0.2, 0) is 6.54 Å². The third kappa shape index (κ3) is 3.20. The van der Waals surface area contributed by atoms with Gasteiger partial charge in [-0.3, -0.25) is 10.1 Å². The van der Waals surface area contributed by atoms with Gasteiger partial charge in [-0.2, -0.15) is 0 Å². The molecule has 4 rings (SSSR count). The number of benzene rings is 1. The number of amides is 3. The summed E-state index contributed by atoms with van der Waals surface area (Å²) in [4.78, 5) is 34.5. The van der Waals surface area contributed by atoms with Crippen LogP contribution in [0.3, 0.4) is 0 Å². The number of aromatic nitrogens is 2. The largest absolute Gasteiger partial charge is 0.346 e. The van der Waals surface area contributed by atoms with Gasteiger partial charge in [0.15, 0.2) is 11.6 Å². The normalized spacial score (nSPS) is 16.1. The zero-order chi connectivity index (χ0) is 19.0. The van der Waals surface area contributed by atoms with Crippen LogP contribution in [0.15, 0.2) is 18.2 Å². The number of hydrogen-bond donors (Lipinski definition) is 2. The van der Waals surface area contributed by atoms with Crippen molar-refractivity contribution in [3.63, 3.8) is 0 Å². The second-order valence-electron chi connectivity index (χ2n) is 6.47. The summed E-state index contributed by atoms with van der Waals surface area (Å²) in [5.74, 6) is -2.32. The van der Waals surface area contributed by atoms with E-state index in [4.69, 9.17) is 0 Å². The Morgan fingerprint density at radius 2 is 1.78 bits per heavy atom. The molecule has 0 aliphatic carbocycles. The number of fused-ring (bicyclic) bond motifs is 1. The first kappa shape index (κ1) is 17.3. The van der Waals surface area contributed by atoms with E-state index in [2.05, 4.69) is 20.6 Å². The van der Waals surface area contributed by atoms with Crippen LogP contribution in [0, 0.1) is 11.6 Å². The first-order valence-corrected chi connectivity index (χ1v) is 8.74. The molecule has 0 radical (unpaired) electrons. The van der Waals surface area contributed by atoms with Crippen molar-refractivity contribution in [2.24, 2.45) is 0 Å². The minimum atomic E-state index is -0.819. The van der Waals surface area contributed by atoms with Crippen LogP contribution in [0.4, 0.5) is 19.4 Å². The molecule has 9 heteroatoms. The van der Waals surface area contributed by atoms with Crippen molar-refractivity contribution in [2.75, 3.05) is 18.4 Å². The van der Waals surface area contributed by atoms with Crippen LogP contribution in [0.5, 0.6) is 0 Å². The lowest BCUT2D eigenvalue weighted by Crippen LogP contribution is -2.39. The topological polar surface area (TPSA) is 87.2 Å². The molecular weight excluding hydrogens is 356 g/mol. The molecule has 2 N–H and O–H groups in total. The van der Waals surface area contributed by atoms with E-state index in [0.29, 0.717) is 18.8 Å². The Balaban J connectivity index is 1.75. The molecule has 3 heterocycles. The van der Waals surface area contributed by atoms with Crippen LogP contribution >= 0.6 is 0 Å². The van der Waals surface area contributed by atoms with E-state index in [0.717, 1.165) is 31.4 Å². The fraction of sp³-hybridized carbons (Fsp3) is 0.333. The Morgan fingerprint density at radius 1 is 1.07 bits per heavy atom. The predicted molar refractivity (Wildman–Crippen MR) is 93.0 cm³/mol. The first-order chi connectivity index (χ1) is 13.0. The molecule has 2 aromatic rings. The smallest absolute Gasteiger partial charge is 0.323 e. The van der Waals surface area contributed by atoms with E-state index < -0.39 is 29.1 Å². The van der Waals surface area contributed by atoms with Gasteiger partial charge >= 0.3 is 6.03 Å². The van der Waals surface area contributed by atoms with E-state index in [1.54, 1.807) is 4.90 Å². The van der Waals surface area contributed by atoms with Crippen molar-refractivity contribution in [3.05, 3.63) is 41.1 Å². The fourth-order valence-electron chi connectivity index (χ4n) is 3.32. The SMILES string of the molecule is O=C1NCc2nc(-c3c(F)cccc3F)nc(NC(=O)N3CCCCC3)c21. The zero-order valence-electron chi connectivity index (χ0n) is 14.4. The second kappa shape index (κ2) is 6.90. The Morgan fingerprint density at radius 3 is 2.48 bits per heavy atom. The maximum atomic E-state index is 14.2. The molecule has 0 unspecified atom stereocenters. The molecule has 7 nitrogen and oxygen atoms in total. The summed E-state index contributed by atoms with van der Waals surface area (Å²) in [5.41, 5.74) is 0.0237. The van der Waals surface area contributed by atoms with E-state index >= 15 is 0 Å². The van der Waals surface area contributed by atoms with Crippen LogP contribution < -0.4 is 10.6 Å². The molecule has 140 valence electrons. The third-order valence-corrected chi connectivity index (χ3v) is 4.68. The summed E-state index contributed by atoms with van der Waals surface area (Å²) in [6.07, 6.45) is 2.87. The number of carbonyl (C=O) groups excluding carboxylic acids is 2. The van der Waals surface area contributed by atoms with Crippen LogP contribution in [0.2, 0.25) is 0 Å². The fourth-order valence-corrected chi connectivity index (χ4v) is 3.32. The molecule has 1 fully saturated rings.